The van der Waals surface area contributed by atoms with E-state index in [9.17, 15) is 9.59 Å². The van der Waals surface area contributed by atoms with Crippen LogP contribution in [0.1, 0.15) is 12.0 Å². The lowest BCUT2D eigenvalue weighted by Gasteiger charge is -2.04. The van der Waals surface area contributed by atoms with Gasteiger partial charge in [-0.25, -0.2) is 4.79 Å². The van der Waals surface area contributed by atoms with E-state index in [1.165, 1.54) is 4.57 Å². The number of nitrogens with one attached hydrogen (secondary N) is 1. The molecule has 0 saturated carbocycles. The smallest absolute Gasteiger partial charge is 0.408 e. The monoisotopic (exact) mass is 263 g/mol. The minimum atomic E-state index is -0.438. The van der Waals surface area contributed by atoms with E-state index in [0.717, 1.165) is 11.1 Å². The molecular formula is C13H17N3O3. The third kappa shape index (κ3) is 3.03. The summed E-state index contributed by atoms with van der Waals surface area (Å²) in [6.07, 6.45) is 0.225. The molecule has 1 heterocycles. The molecule has 2 rings (SSSR count). The van der Waals surface area contributed by atoms with Crippen molar-refractivity contribution in [3.05, 3.63) is 34.3 Å². The SMILES string of the molecule is Cc1ccc2oc(=O)n(CCC(=O)NCCN)c2c1. The van der Waals surface area contributed by atoms with Crippen molar-refractivity contribution in [1.82, 2.24) is 9.88 Å². The molecule has 6 heteroatoms. The molecule has 102 valence electrons. The Morgan fingerprint density at radius 2 is 2.26 bits per heavy atom. The van der Waals surface area contributed by atoms with Crippen LogP contribution in [-0.2, 0) is 11.3 Å². The van der Waals surface area contributed by atoms with Gasteiger partial charge in [0.1, 0.15) is 0 Å². The van der Waals surface area contributed by atoms with E-state index >= 15 is 0 Å². The van der Waals surface area contributed by atoms with Crippen LogP contribution in [0.3, 0.4) is 0 Å². The summed E-state index contributed by atoms with van der Waals surface area (Å²) in [5.41, 5.74) is 7.59. The minimum Gasteiger partial charge on any atom is -0.408 e. The Hall–Kier alpha value is -2.08. The summed E-state index contributed by atoms with van der Waals surface area (Å²) in [5.74, 6) is -0.563. The first-order chi connectivity index (χ1) is 9.11. The highest BCUT2D eigenvalue weighted by Gasteiger charge is 2.10. The zero-order valence-corrected chi connectivity index (χ0v) is 10.8. The number of rotatable bonds is 5. The van der Waals surface area contributed by atoms with E-state index in [-0.39, 0.29) is 12.3 Å². The van der Waals surface area contributed by atoms with Gasteiger partial charge in [0.05, 0.1) is 5.52 Å². The largest absolute Gasteiger partial charge is 0.419 e. The molecule has 0 spiro atoms. The van der Waals surface area contributed by atoms with Gasteiger partial charge in [-0.1, -0.05) is 6.07 Å². The molecule has 1 amide bonds. The minimum absolute atomic E-state index is 0.126. The topological polar surface area (TPSA) is 90.3 Å². The summed E-state index contributed by atoms with van der Waals surface area (Å²) in [6.45, 7) is 3.08. The Morgan fingerprint density at radius 3 is 3.00 bits per heavy atom. The maximum Gasteiger partial charge on any atom is 0.419 e. The van der Waals surface area contributed by atoms with Gasteiger partial charge in [0.2, 0.25) is 5.91 Å². The summed E-state index contributed by atoms with van der Waals surface area (Å²) in [5, 5.41) is 2.66. The van der Waals surface area contributed by atoms with E-state index < -0.39 is 5.76 Å². The van der Waals surface area contributed by atoms with Crippen LogP contribution in [-0.4, -0.2) is 23.6 Å². The third-order valence-corrected chi connectivity index (χ3v) is 2.85. The van der Waals surface area contributed by atoms with Crippen molar-refractivity contribution in [3.63, 3.8) is 0 Å². The van der Waals surface area contributed by atoms with Crippen molar-refractivity contribution in [1.29, 1.82) is 0 Å². The van der Waals surface area contributed by atoms with Crippen LogP contribution >= 0.6 is 0 Å². The summed E-state index contributed by atoms with van der Waals surface area (Å²) in [4.78, 5) is 23.2. The van der Waals surface area contributed by atoms with Crippen molar-refractivity contribution in [3.8, 4) is 0 Å². The molecule has 0 aliphatic rings. The summed E-state index contributed by atoms with van der Waals surface area (Å²) < 4.78 is 6.60. The van der Waals surface area contributed by atoms with Crippen LogP contribution in [0.15, 0.2) is 27.4 Å². The Kier molecular flexibility index (Phi) is 4.01. The summed E-state index contributed by atoms with van der Waals surface area (Å²) in [6, 6.07) is 5.51. The molecule has 0 unspecified atom stereocenters. The lowest BCUT2D eigenvalue weighted by Crippen LogP contribution is -2.30. The van der Waals surface area contributed by atoms with E-state index in [1.54, 1.807) is 6.07 Å². The van der Waals surface area contributed by atoms with Gasteiger partial charge in [-0.15, -0.1) is 0 Å². The molecule has 1 aromatic carbocycles. The van der Waals surface area contributed by atoms with Crippen LogP contribution in [0.5, 0.6) is 0 Å². The highest BCUT2D eigenvalue weighted by atomic mass is 16.4. The van der Waals surface area contributed by atoms with Gasteiger partial charge in [0.15, 0.2) is 5.58 Å². The number of hydrogen-bond donors (Lipinski definition) is 2. The second kappa shape index (κ2) is 5.71. The highest BCUT2D eigenvalue weighted by molar-refractivity contribution is 5.77. The molecule has 2 aromatic rings. The number of amides is 1. The lowest BCUT2D eigenvalue weighted by molar-refractivity contribution is -0.121. The van der Waals surface area contributed by atoms with Crippen LogP contribution < -0.4 is 16.8 Å². The fraction of sp³-hybridized carbons (Fsp3) is 0.385. The maximum absolute atomic E-state index is 11.7. The zero-order valence-electron chi connectivity index (χ0n) is 10.8. The number of nitrogens with two attached hydrogens (primary N) is 1. The summed E-state index contributed by atoms with van der Waals surface area (Å²) >= 11 is 0. The molecule has 19 heavy (non-hydrogen) atoms. The molecule has 0 fully saturated rings. The fourth-order valence-corrected chi connectivity index (χ4v) is 1.90. The van der Waals surface area contributed by atoms with Crippen molar-refractivity contribution >= 4 is 17.0 Å². The molecule has 0 radical (unpaired) electrons. The predicted molar refractivity (Wildman–Crippen MR) is 71.9 cm³/mol. The van der Waals surface area contributed by atoms with E-state index in [1.807, 2.05) is 19.1 Å². The number of fused-ring (bicyclic) bond motifs is 1. The molecule has 0 bridgehead atoms. The number of benzene rings is 1. The first-order valence-corrected chi connectivity index (χ1v) is 6.18. The number of aromatic nitrogens is 1. The number of nitrogens with zero attached hydrogens (tertiary/aromatic N) is 1. The molecule has 0 aliphatic heterocycles. The standard InChI is InChI=1S/C13H17N3O3/c1-9-2-3-11-10(8-9)16(13(18)19-11)7-4-12(17)15-6-5-14/h2-3,8H,4-7,14H2,1H3,(H,15,17). The molecule has 0 atom stereocenters. The number of carbonyl (C=O) groups is 1. The number of carbonyl (C=O) groups excluding carboxylic acids is 1. The normalized spacial score (nSPS) is 10.8. The van der Waals surface area contributed by atoms with Crippen LogP contribution in [0.4, 0.5) is 0 Å². The number of aryl methyl sites for hydroxylation is 2. The Labute approximate surface area is 110 Å². The molecule has 3 N–H and O–H groups in total. The second-order valence-electron chi connectivity index (χ2n) is 4.38. The quantitative estimate of drug-likeness (QED) is 0.815. The van der Waals surface area contributed by atoms with Gasteiger partial charge >= 0.3 is 5.76 Å². The Morgan fingerprint density at radius 1 is 1.47 bits per heavy atom. The van der Waals surface area contributed by atoms with Crippen LogP contribution in [0, 0.1) is 6.92 Å². The van der Waals surface area contributed by atoms with Crippen LogP contribution in [0.2, 0.25) is 0 Å². The van der Waals surface area contributed by atoms with E-state index in [4.69, 9.17) is 10.2 Å². The second-order valence-corrected chi connectivity index (χ2v) is 4.38. The average Bonchev–Trinajstić information content (AvgIpc) is 2.69. The molecule has 0 saturated heterocycles. The Bertz CT molecular complexity index is 642. The predicted octanol–water partition coefficient (Wildman–Crippen LogP) is 0.368. The van der Waals surface area contributed by atoms with E-state index in [0.29, 0.717) is 25.2 Å². The van der Waals surface area contributed by atoms with Crippen molar-refractivity contribution in [2.75, 3.05) is 13.1 Å². The van der Waals surface area contributed by atoms with Gasteiger partial charge < -0.3 is 15.5 Å². The lowest BCUT2D eigenvalue weighted by atomic mass is 10.2. The van der Waals surface area contributed by atoms with Gasteiger partial charge in [-0.05, 0) is 24.6 Å². The molecule has 1 aromatic heterocycles. The third-order valence-electron chi connectivity index (χ3n) is 2.85. The first kappa shape index (κ1) is 13.4. The van der Waals surface area contributed by atoms with Gasteiger partial charge in [-0.3, -0.25) is 9.36 Å². The molecular weight excluding hydrogens is 246 g/mol. The number of hydrogen-bond acceptors (Lipinski definition) is 4. The molecule has 6 nitrogen and oxygen atoms in total. The number of oxazole rings is 1. The Balaban J connectivity index is 2.16. The van der Waals surface area contributed by atoms with Crippen molar-refractivity contribution in [2.24, 2.45) is 5.73 Å². The van der Waals surface area contributed by atoms with Gasteiger partial charge in [0, 0.05) is 26.1 Å². The fourth-order valence-electron chi connectivity index (χ4n) is 1.90. The highest BCUT2D eigenvalue weighted by Crippen LogP contribution is 2.14. The van der Waals surface area contributed by atoms with E-state index in [2.05, 4.69) is 5.32 Å². The summed E-state index contributed by atoms with van der Waals surface area (Å²) in [7, 11) is 0. The van der Waals surface area contributed by atoms with Crippen molar-refractivity contribution in [2.45, 2.75) is 19.9 Å². The van der Waals surface area contributed by atoms with Gasteiger partial charge in [0.25, 0.3) is 0 Å². The van der Waals surface area contributed by atoms with Crippen molar-refractivity contribution < 1.29 is 9.21 Å². The van der Waals surface area contributed by atoms with Gasteiger partial charge in [-0.2, -0.15) is 0 Å². The zero-order chi connectivity index (χ0) is 13.8. The first-order valence-electron chi connectivity index (χ1n) is 6.18. The average molecular weight is 263 g/mol. The molecule has 0 aliphatic carbocycles. The maximum atomic E-state index is 11.7. The van der Waals surface area contributed by atoms with Crippen LogP contribution in [0.25, 0.3) is 11.1 Å².